The average molecular weight is 596 g/mol. The molecule has 0 fully saturated rings. The predicted octanol–water partition coefficient (Wildman–Crippen LogP) is 4.93. The highest BCUT2D eigenvalue weighted by molar-refractivity contribution is 7.92. The van der Waals surface area contributed by atoms with Gasteiger partial charge in [0.25, 0.3) is 10.0 Å². The molecule has 0 bridgehead atoms. The minimum atomic E-state index is -4.21. The van der Waals surface area contributed by atoms with Crippen LogP contribution in [0.5, 0.6) is 11.5 Å². The summed E-state index contributed by atoms with van der Waals surface area (Å²) >= 11 is 0. The molecule has 9 nitrogen and oxygen atoms in total. The van der Waals surface area contributed by atoms with Gasteiger partial charge in [-0.1, -0.05) is 48.9 Å². The summed E-state index contributed by atoms with van der Waals surface area (Å²) in [5.41, 5.74) is 1.34. The van der Waals surface area contributed by atoms with Crippen LogP contribution in [0.2, 0.25) is 0 Å². The molecule has 0 aromatic heterocycles. The number of nitrogens with zero attached hydrogens (tertiary/aromatic N) is 2. The van der Waals surface area contributed by atoms with Crippen LogP contribution in [0.3, 0.4) is 0 Å². The lowest BCUT2D eigenvalue weighted by Crippen LogP contribution is -2.55. The molecule has 3 aromatic rings. The van der Waals surface area contributed by atoms with Gasteiger partial charge < -0.3 is 19.7 Å². The van der Waals surface area contributed by atoms with Crippen molar-refractivity contribution in [2.45, 2.75) is 64.1 Å². The van der Waals surface area contributed by atoms with Crippen molar-refractivity contribution in [3.8, 4) is 11.5 Å². The first-order chi connectivity index (χ1) is 19.8. The van der Waals surface area contributed by atoms with E-state index in [2.05, 4.69) is 5.32 Å². The summed E-state index contributed by atoms with van der Waals surface area (Å²) in [5.74, 6) is 0.0845. The van der Waals surface area contributed by atoms with Crippen molar-refractivity contribution in [2.24, 2.45) is 0 Å². The molecule has 3 rings (SSSR count). The second-order valence-electron chi connectivity index (χ2n) is 11.0. The highest BCUT2D eigenvalue weighted by Crippen LogP contribution is 2.32. The fourth-order valence-corrected chi connectivity index (χ4v) is 5.91. The number of benzene rings is 3. The largest absolute Gasteiger partial charge is 0.497 e. The maximum absolute atomic E-state index is 14.2. The van der Waals surface area contributed by atoms with E-state index in [0.29, 0.717) is 17.9 Å². The summed E-state index contributed by atoms with van der Waals surface area (Å²) in [5, 5.41) is 2.97. The molecule has 0 heterocycles. The first-order valence-electron chi connectivity index (χ1n) is 13.8. The number of carbonyl (C=O) groups excluding carboxylic acids is 2. The average Bonchev–Trinajstić information content (AvgIpc) is 2.95. The number of anilines is 1. The third-order valence-corrected chi connectivity index (χ3v) is 8.41. The van der Waals surface area contributed by atoms with Crippen LogP contribution in [0, 0.1) is 6.92 Å². The Hall–Kier alpha value is -4.05. The molecule has 0 unspecified atom stereocenters. The van der Waals surface area contributed by atoms with Gasteiger partial charge in [-0.2, -0.15) is 0 Å². The van der Waals surface area contributed by atoms with E-state index in [1.807, 2.05) is 46.8 Å². The molecule has 42 heavy (non-hydrogen) atoms. The topological polar surface area (TPSA) is 105 Å². The van der Waals surface area contributed by atoms with Gasteiger partial charge in [-0.3, -0.25) is 13.9 Å². The monoisotopic (exact) mass is 595 g/mol. The third-order valence-electron chi connectivity index (χ3n) is 6.64. The second kappa shape index (κ2) is 13.7. The van der Waals surface area contributed by atoms with E-state index in [1.165, 1.54) is 24.1 Å². The van der Waals surface area contributed by atoms with Crippen molar-refractivity contribution >= 4 is 27.5 Å². The molecule has 0 aliphatic carbocycles. The SMILES string of the molecule is CC[C@H](C(=O)NC(C)(C)C)N(Cc1ccc(OC)cc1)C(=O)CN(c1ccccc1OC)S(=O)(=O)c1ccc(C)cc1. The highest BCUT2D eigenvalue weighted by atomic mass is 32.2. The molecule has 0 radical (unpaired) electrons. The molecule has 0 saturated carbocycles. The van der Waals surface area contributed by atoms with Gasteiger partial charge in [0.05, 0.1) is 24.8 Å². The van der Waals surface area contributed by atoms with Crippen LogP contribution in [0.1, 0.15) is 45.2 Å². The zero-order valence-electron chi connectivity index (χ0n) is 25.4. The summed E-state index contributed by atoms with van der Waals surface area (Å²) < 4.78 is 39.9. The van der Waals surface area contributed by atoms with Crippen LogP contribution in [0.25, 0.3) is 0 Å². The van der Waals surface area contributed by atoms with Gasteiger partial charge in [-0.15, -0.1) is 0 Å². The van der Waals surface area contributed by atoms with E-state index in [-0.39, 0.29) is 23.0 Å². The number of nitrogens with one attached hydrogen (secondary N) is 1. The van der Waals surface area contributed by atoms with Crippen LogP contribution < -0.4 is 19.1 Å². The lowest BCUT2D eigenvalue weighted by atomic mass is 10.1. The minimum absolute atomic E-state index is 0.0334. The Labute approximate surface area is 249 Å². The first-order valence-corrected chi connectivity index (χ1v) is 15.2. The van der Waals surface area contributed by atoms with Gasteiger partial charge in [0.15, 0.2) is 0 Å². The number of carbonyl (C=O) groups is 2. The quantitative estimate of drug-likeness (QED) is 0.318. The second-order valence-corrected chi connectivity index (χ2v) is 12.9. The summed E-state index contributed by atoms with van der Waals surface area (Å²) in [7, 11) is -1.20. The predicted molar refractivity (Wildman–Crippen MR) is 164 cm³/mol. The Bertz CT molecular complexity index is 1470. The third kappa shape index (κ3) is 8.03. The van der Waals surface area contributed by atoms with E-state index in [9.17, 15) is 18.0 Å². The molecule has 226 valence electrons. The highest BCUT2D eigenvalue weighted by Gasteiger charge is 2.35. The number of hydrogen-bond acceptors (Lipinski definition) is 6. The minimum Gasteiger partial charge on any atom is -0.497 e. The van der Waals surface area contributed by atoms with Crippen molar-refractivity contribution in [1.82, 2.24) is 10.2 Å². The molecular weight excluding hydrogens is 554 g/mol. The summed E-state index contributed by atoms with van der Waals surface area (Å²) in [6.07, 6.45) is 0.323. The maximum atomic E-state index is 14.2. The molecular formula is C32H41N3O6S. The number of ether oxygens (including phenoxy) is 2. The van der Waals surface area contributed by atoms with Crippen molar-refractivity contribution < 1.29 is 27.5 Å². The number of methoxy groups -OCH3 is 2. The molecule has 0 spiro atoms. The van der Waals surface area contributed by atoms with E-state index >= 15 is 0 Å². The number of para-hydroxylation sites is 2. The van der Waals surface area contributed by atoms with Gasteiger partial charge in [-0.05, 0) is 76.1 Å². The van der Waals surface area contributed by atoms with Gasteiger partial charge >= 0.3 is 0 Å². The van der Waals surface area contributed by atoms with Crippen molar-refractivity contribution in [3.63, 3.8) is 0 Å². The van der Waals surface area contributed by atoms with Crippen LogP contribution in [-0.4, -0.2) is 57.5 Å². The number of hydrogen-bond donors (Lipinski definition) is 1. The summed E-state index contributed by atoms with van der Waals surface area (Å²) in [6, 6.07) is 19.4. The fraction of sp³-hybridized carbons (Fsp3) is 0.375. The first kappa shape index (κ1) is 32.5. The van der Waals surface area contributed by atoms with Crippen molar-refractivity contribution in [2.75, 3.05) is 25.1 Å². The number of rotatable bonds is 12. The molecule has 0 aliphatic rings. The Morgan fingerprint density at radius 3 is 2.07 bits per heavy atom. The van der Waals surface area contributed by atoms with E-state index in [0.717, 1.165) is 15.4 Å². The lowest BCUT2D eigenvalue weighted by Gasteiger charge is -2.35. The number of aryl methyl sites for hydroxylation is 1. The summed E-state index contributed by atoms with van der Waals surface area (Å²) in [6.45, 7) is 8.82. The summed E-state index contributed by atoms with van der Waals surface area (Å²) in [4.78, 5) is 29.2. The van der Waals surface area contributed by atoms with Gasteiger partial charge in [0, 0.05) is 12.1 Å². The molecule has 1 atom stereocenters. The number of sulfonamides is 1. The molecule has 2 amide bonds. The maximum Gasteiger partial charge on any atom is 0.264 e. The van der Waals surface area contributed by atoms with E-state index < -0.39 is 34.1 Å². The molecule has 3 aromatic carbocycles. The van der Waals surface area contributed by atoms with Gasteiger partial charge in [0.2, 0.25) is 11.8 Å². The lowest BCUT2D eigenvalue weighted by molar-refractivity contribution is -0.141. The van der Waals surface area contributed by atoms with Crippen LogP contribution >= 0.6 is 0 Å². The zero-order valence-corrected chi connectivity index (χ0v) is 26.2. The van der Waals surface area contributed by atoms with Crippen LogP contribution in [0.15, 0.2) is 77.7 Å². The molecule has 1 N–H and O–H groups in total. The van der Waals surface area contributed by atoms with Crippen LogP contribution in [-0.2, 0) is 26.2 Å². The fourth-order valence-electron chi connectivity index (χ4n) is 4.49. The van der Waals surface area contributed by atoms with Crippen molar-refractivity contribution in [1.29, 1.82) is 0 Å². The molecule has 0 aliphatic heterocycles. The van der Waals surface area contributed by atoms with Gasteiger partial charge in [0.1, 0.15) is 24.1 Å². The molecule has 10 heteroatoms. The van der Waals surface area contributed by atoms with E-state index in [4.69, 9.17) is 9.47 Å². The Balaban J connectivity index is 2.10. The molecule has 0 saturated heterocycles. The Morgan fingerprint density at radius 2 is 1.52 bits per heavy atom. The standard InChI is InChI=1S/C32H41N3O6S/c1-8-27(31(37)33-32(3,4)5)34(21-24-15-17-25(40-6)18-16-24)30(36)22-35(28-11-9-10-12-29(28)41-7)42(38,39)26-19-13-23(2)14-20-26/h9-20,27H,8,21-22H2,1-7H3,(H,33,37)/t27-/m1/s1. The zero-order chi connectivity index (χ0) is 31.1. The van der Waals surface area contributed by atoms with Crippen LogP contribution in [0.4, 0.5) is 5.69 Å². The van der Waals surface area contributed by atoms with Gasteiger partial charge in [-0.25, -0.2) is 8.42 Å². The Morgan fingerprint density at radius 1 is 0.905 bits per heavy atom. The van der Waals surface area contributed by atoms with E-state index in [1.54, 1.807) is 55.6 Å². The Kier molecular flexibility index (Phi) is 10.6. The van der Waals surface area contributed by atoms with Crippen molar-refractivity contribution in [3.05, 3.63) is 83.9 Å². The smallest absolute Gasteiger partial charge is 0.264 e. The normalized spacial score (nSPS) is 12.3. The number of amides is 2.